The van der Waals surface area contributed by atoms with Gasteiger partial charge in [0.25, 0.3) is 0 Å². The van der Waals surface area contributed by atoms with Crippen LogP contribution in [0.15, 0.2) is 24.3 Å². The van der Waals surface area contributed by atoms with Gasteiger partial charge in [-0.1, -0.05) is 57.9 Å². The van der Waals surface area contributed by atoms with Crippen molar-refractivity contribution in [2.45, 2.75) is 65.3 Å². The molecule has 1 aromatic rings. The highest BCUT2D eigenvalue weighted by atomic mass is 14.7. The summed E-state index contributed by atoms with van der Waals surface area (Å²) in [5.74, 6) is 0.633. The van der Waals surface area contributed by atoms with Crippen LogP contribution < -0.4 is 5.73 Å². The van der Waals surface area contributed by atoms with E-state index in [1.807, 2.05) is 0 Å². The monoisotopic (exact) mass is 259 g/mol. The lowest BCUT2D eigenvalue weighted by atomic mass is 9.76. The third kappa shape index (κ3) is 3.39. The largest absolute Gasteiger partial charge is 0.324 e. The number of hydrogen-bond donors (Lipinski definition) is 1. The van der Waals surface area contributed by atoms with E-state index in [0.717, 1.165) is 0 Å². The average Bonchev–Trinajstić information content (AvgIpc) is 2.76. The molecule has 0 aromatic heterocycles. The van der Waals surface area contributed by atoms with E-state index in [0.29, 0.717) is 11.3 Å². The highest BCUT2D eigenvalue weighted by Crippen LogP contribution is 2.47. The summed E-state index contributed by atoms with van der Waals surface area (Å²) in [6.07, 6.45) is 7.67. The van der Waals surface area contributed by atoms with Crippen LogP contribution in [0.1, 0.15) is 70.0 Å². The van der Waals surface area contributed by atoms with Crippen LogP contribution in [0, 0.1) is 11.3 Å². The zero-order chi connectivity index (χ0) is 13.9. The van der Waals surface area contributed by atoms with Crippen LogP contribution in [0.5, 0.6) is 0 Å². The second kappa shape index (κ2) is 6.09. The van der Waals surface area contributed by atoms with Crippen molar-refractivity contribution in [1.82, 2.24) is 0 Å². The number of unbranched alkanes of at least 4 members (excludes halogenated alkanes) is 1. The lowest BCUT2D eigenvalue weighted by molar-refractivity contribution is 0.222. The van der Waals surface area contributed by atoms with E-state index in [4.69, 9.17) is 5.73 Å². The third-order valence-corrected chi connectivity index (χ3v) is 4.96. The molecule has 2 unspecified atom stereocenters. The fraction of sp³-hybridized carbons (Fsp3) is 0.667. The molecule has 1 saturated carbocycles. The number of benzene rings is 1. The first-order valence-corrected chi connectivity index (χ1v) is 7.89. The van der Waals surface area contributed by atoms with Gasteiger partial charge < -0.3 is 5.73 Å². The molecule has 19 heavy (non-hydrogen) atoms. The summed E-state index contributed by atoms with van der Waals surface area (Å²) in [7, 11) is 0. The molecule has 1 aliphatic carbocycles. The van der Waals surface area contributed by atoms with Crippen molar-refractivity contribution in [2.75, 3.05) is 0 Å². The summed E-state index contributed by atoms with van der Waals surface area (Å²) in [5.41, 5.74) is 9.70. The van der Waals surface area contributed by atoms with Crippen LogP contribution in [0.2, 0.25) is 0 Å². The molecule has 1 heteroatoms. The van der Waals surface area contributed by atoms with Gasteiger partial charge in [-0.2, -0.15) is 0 Å². The SMILES string of the molecule is CCCCc1ccc(C(N)C2CCCC2(C)C)cc1. The first-order chi connectivity index (χ1) is 9.04. The topological polar surface area (TPSA) is 26.0 Å². The minimum absolute atomic E-state index is 0.206. The van der Waals surface area contributed by atoms with Crippen LogP contribution in [-0.4, -0.2) is 0 Å². The molecule has 2 atom stereocenters. The van der Waals surface area contributed by atoms with Crippen molar-refractivity contribution in [3.8, 4) is 0 Å². The van der Waals surface area contributed by atoms with Crippen molar-refractivity contribution < 1.29 is 0 Å². The maximum Gasteiger partial charge on any atom is 0.0328 e. The fourth-order valence-corrected chi connectivity index (χ4v) is 3.54. The van der Waals surface area contributed by atoms with E-state index in [1.54, 1.807) is 0 Å². The quantitative estimate of drug-likeness (QED) is 0.803. The van der Waals surface area contributed by atoms with Crippen LogP contribution in [-0.2, 0) is 6.42 Å². The van der Waals surface area contributed by atoms with E-state index >= 15 is 0 Å². The van der Waals surface area contributed by atoms with Gasteiger partial charge in [0.05, 0.1) is 0 Å². The van der Waals surface area contributed by atoms with Gasteiger partial charge in [0.1, 0.15) is 0 Å². The summed E-state index contributed by atoms with van der Waals surface area (Å²) in [6.45, 7) is 6.99. The van der Waals surface area contributed by atoms with E-state index in [1.165, 1.54) is 49.7 Å². The van der Waals surface area contributed by atoms with Gasteiger partial charge in [-0.05, 0) is 48.1 Å². The molecule has 0 heterocycles. The summed E-state index contributed by atoms with van der Waals surface area (Å²) in [4.78, 5) is 0. The van der Waals surface area contributed by atoms with Gasteiger partial charge in [-0.25, -0.2) is 0 Å². The molecule has 1 aliphatic rings. The maximum atomic E-state index is 6.53. The van der Waals surface area contributed by atoms with E-state index in [-0.39, 0.29) is 6.04 Å². The molecule has 0 radical (unpaired) electrons. The Labute approximate surface area is 118 Å². The zero-order valence-electron chi connectivity index (χ0n) is 12.8. The summed E-state index contributed by atoms with van der Waals surface area (Å²) in [5, 5.41) is 0. The molecule has 2 N–H and O–H groups in total. The molecule has 106 valence electrons. The van der Waals surface area contributed by atoms with E-state index in [9.17, 15) is 0 Å². The number of hydrogen-bond acceptors (Lipinski definition) is 1. The Morgan fingerprint density at radius 2 is 1.95 bits per heavy atom. The van der Waals surface area contributed by atoms with Gasteiger partial charge in [0.15, 0.2) is 0 Å². The van der Waals surface area contributed by atoms with E-state index < -0.39 is 0 Å². The molecule has 0 aliphatic heterocycles. The Balaban J connectivity index is 2.05. The van der Waals surface area contributed by atoms with Gasteiger partial charge in [0.2, 0.25) is 0 Å². The predicted molar refractivity (Wildman–Crippen MR) is 83.1 cm³/mol. The Hall–Kier alpha value is -0.820. The van der Waals surface area contributed by atoms with E-state index in [2.05, 4.69) is 45.0 Å². The third-order valence-electron chi connectivity index (χ3n) is 4.96. The summed E-state index contributed by atoms with van der Waals surface area (Å²) >= 11 is 0. The summed E-state index contributed by atoms with van der Waals surface area (Å²) in [6, 6.07) is 9.26. The lowest BCUT2D eigenvalue weighted by Crippen LogP contribution is -2.29. The Morgan fingerprint density at radius 1 is 1.26 bits per heavy atom. The van der Waals surface area contributed by atoms with Crippen molar-refractivity contribution in [1.29, 1.82) is 0 Å². The molecule has 1 fully saturated rings. The molecule has 1 aromatic carbocycles. The molecule has 0 spiro atoms. The van der Waals surface area contributed by atoms with Crippen LogP contribution in [0.3, 0.4) is 0 Å². The minimum Gasteiger partial charge on any atom is -0.324 e. The van der Waals surface area contributed by atoms with Gasteiger partial charge in [-0.3, -0.25) is 0 Å². The Morgan fingerprint density at radius 3 is 2.47 bits per heavy atom. The first kappa shape index (κ1) is 14.6. The second-order valence-electron chi connectivity index (χ2n) is 6.86. The lowest BCUT2D eigenvalue weighted by Gasteiger charge is -2.32. The molecule has 0 saturated heterocycles. The molecular weight excluding hydrogens is 230 g/mol. The predicted octanol–water partition coefficient (Wildman–Crippen LogP) is 4.86. The van der Waals surface area contributed by atoms with Gasteiger partial charge >= 0.3 is 0 Å². The number of aryl methyl sites for hydroxylation is 1. The average molecular weight is 259 g/mol. The van der Waals surface area contributed by atoms with Crippen molar-refractivity contribution in [3.05, 3.63) is 35.4 Å². The molecular formula is C18H29N. The molecule has 0 bridgehead atoms. The van der Waals surface area contributed by atoms with Crippen molar-refractivity contribution in [2.24, 2.45) is 17.1 Å². The normalized spacial score (nSPS) is 23.5. The highest BCUT2D eigenvalue weighted by Gasteiger charge is 2.38. The Bertz CT molecular complexity index is 391. The number of nitrogens with two attached hydrogens (primary N) is 1. The standard InChI is InChI=1S/C18H29N/c1-4-5-7-14-9-11-15(12-10-14)17(19)16-8-6-13-18(16,2)3/h9-12,16-17H,4-8,13,19H2,1-3H3. The maximum absolute atomic E-state index is 6.53. The molecule has 1 nitrogen and oxygen atoms in total. The first-order valence-electron chi connectivity index (χ1n) is 7.89. The van der Waals surface area contributed by atoms with Crippen molar-refractivity contribution >= 4 is 0 Å². The molecule has 2 rings (SSSR count). The van der Waals surface area contributed by atoms with Gasteiger partial charge in [-0.15, -0.1) is 0 Å². The van der Waals surface area contributed by atoms with Crippen LogP contribution in [0.25, 0.3) is 0 Å². The second-order valence-corrected chi connectivity index (χ2v) is 6.86. The van der Waals surface area contributed by atoms with Crippen LogP contribution >= 0.6 is 0 Å². The van der Waals surface area contributed by atoms with Crippen LogP contribution in [0.4, 0.5) is 0 Å². The molecule has 0 amide bonds. The zero-order valence-corrected chi connectivity index (χ0v) is 12.8. The highest BCUT2D eigenvalue weighted by molar-refractivity contribution is 5.26. The van der Waals surface area contributed by atoms with Gasteiger partial charge in [0, 0.05) is 6.04 Å². The van der Waals surface area contributed by atoms with Crippen molar-refractivity contribution in [3.63, 3.8) is 0 Å². The summed E-state index contributed by atoms with van der Waals surface area (Å²) < 4.78 is 0. The fourth-order valence-electron chi connectivity index (χ4n) is 3.54. The minimum atomic E-state index is 0.206. The Kier molecular flexibility index (Phi) is 4.67. The smallest absolute Gasteiger partial charge is 0.0328 e. The number of rotatable bonds is 5.